The second kappa shape index (κ2) is 6.11. The minimum absolute atomic E-state index is 0.285. The van der Waals surface area contributed by atoms with Crippen molar-refractivity contribution in [1.82, 2.24) is 4.98 Å². The van der Waals surface area contributed by atoms with Gasteiger partial charge in [0, 0.05) is 24.0 Å². The zero-order valence-corrected chi connectivity index (χ0v) is 12.5. The number of anilines is 2. The van der Waals surface area contributed by atoms with Crippen molar-refractivity contribution in [1.29, 1.82) is 0 Å². The Balaban J connectivity index is 2.24. The fraction of sp³-hybridized carbons (Fsp3) is 0.143. The summed E-state index contributed by atoms with van der Waals surface area (Å²) in [5.41, 5.74) is 1.97. The Morgan fingerprint density at radius 1 is 1.25 bits per heavy atom. The van der Waals surface area contributed by atoms with E-state index in [0.29, 0.717) is 27.1 Å². The fourth-order valence-corrected chi connectivity index (χ4v) is 2.10. The van der Waals surface area contributed by atoms with Crippen LogP contribution in [0.5, 0.6) is 0 Å². The SMILES string of the molecule is CNc1ncc(C(=O)Nc2cc(Cl)ccc2C)cc1Cl. The molecule has 1 aromatic heterocycles. The molecule has 0 bridgehead atoms. The second-order valence-corrected chi connectivity index (χ2v) is 5.06. The van der Waals surface area contributed by atoms with E-state index in [1.54, 1.807) is 25.2 Å². The van der Waals surface area contributed by atoms with E-state index in [-0.39, 0.29) is 5.91 Å². The number of benzene rings is 1. The van der Waals surface area contributed by atoms with Gasteiger partial charge in [0.25, 0.3) is 5.91 Å². The van der Waals surface area contributed by atoms with Crippen molar-refractivity contribution in [2.45, 2.75) is 6.92 Å². The maximum Gasteiger partial charge on any atom is 0.257 e. The molecule has 0 spiro atoms. The average Bonchev–Trinajstić information content (AvgIpc) is 2.42. The van der Waals surface area contributed by atoms with E-state index in [1.165, 1.54) is 6.20 Å². The van der Waals surface area contributed by atoms with Crippen molar-refractivity contribution in [3.8, 4) is 0 Å². The van der Waals surface area contributed by atoms with Crippen LogP contribution >= 0.6 is 23.2 Å². The van der Waals surface area contributed by atoms with E-state index < -0.39 is 0 Å². The van der Waals surface area contributed by atoms with Gasteiger partial charge < -0.3 is 10.6 Å². The number of carbonyl (C=O) groups is 1. The first kappa shape index (κ1) is 14.6. The van der Waals surface area contributed by atoms with Crippen LogP contribution in [0.2, 0.25) is 10.0 Å². The number of nitrogens with zero attached hydrogens (tertiary/aromatic N) is 1. The molecule has 0 saturated heterocycles. The van der Waals surface area contributed by atoms with Crippen molar-refractivity contribution in [2.24, 2.45) is 0 Å². The Morgan fingerprint density at radius 3 is 2.65 bits per heavy atom. The maximum absolute atomic E-state index is 12.2. The third-order valence-corrected chi connectivity index (χ3v) is 3.31. The lowest BCUT2D eigenvalue weighted by Crippen LogP contribution is -2.13. The summed E-state index contributed by atoms with van der Waals surface area (Å²) in [6.45, 7) is 1.89. The molecule has 2 N–H and O–H groups in total. The van der Waals surface area contributed by atoms with Crippen molar-refractivity contribution in [3.63, 3.8) is 0 Å². The minimum Gasteiger partial charge on any atom is -0.372 e. The van der Waals surface area contributed by atoms with Gasteiger partial charge in [-0.05, 0) is 30.7 Å². The van der Waals surface area contributed by atoms with E-state index in [9.17, 15) is 4.79 Å². The number of pyridine rings is 1. The van der Waals surface area contributed by atoms with Crippen molar-refractivity contribution < 1.29 is 4.79 Å². The number of carbonyl (C=O) groups excluding carboxylic acids is 1. The number of halogens is 2. The summed E-state index contributed by atoms with van der Waals surface area (Å²) in [7, 11) is 1.71. The predicted octanol–water partition coefficient (Wildman–Crippen LogP) is 3.99. The molecule has 2 aromatic rings. The Kier molecular flexibility index (Phi) is 4.47. The standard InChI is InChI=1S/C14H13Cl2N3O/c1-8-3-4-10(15)6-12(8)19-14(20)9-5-11(16)13(17-2)18-7-9/h3-7H,1-2H3,(H,17,18)(H,19,20). The van der Waals surface area contributed by atoms with Gasteiger partial charge in [-0.25, -0.2) is 4.98 Å². The Morgan fingerprint density at radius 2 is 2.00 bits per heavy atom. The molecule has 0 aliphatic rings. The Labute approximate surface area is 127 Å². The normalized spacial score (nSPS) is 10.2. The summed E-state index contributed by atoms with van der Waals surface area (Å²) >= 11 is 11.9. The van der Waals surface area contributed by atoms with Crippen LogP contribution in [0.25, 0.3) is 0 Å². The largest absolute Gasteiger partial charge is 0.372 e. The highest BCUT2D eigenvalue weighted by molar-refractivity contribution is 6.33. The van der Waals surface area contributed by atoms with Crippen LogP contribution in [0.15, 0.2) is 30.5 Å². The van der Waals surface area contributed by atoms with Gasteiger partial charge in [-0.2, -0.15) is 0 Å². The molecular weight excluding hydrogens is 297 g/mol. The van der Waals surface area contributed by atoms with E-state index in [2.05, 4.69) is 15.6 Å². The predicted molar refractivity (Wildman–Crippen MR) is 82.9 cm³/mol. The van der Waals surface area contributed by atoms with Crippen LogP contribution in [0.4, 0.5) is 11.5 Å². The number of aryl methyl sites for hydroxylation is 1. The molecule has 0 radical (unpaired) electrons. The Bertz CT molecular complexity index is 659. The number of hydrogen-bond acceptors (Lipinski definition) is 3. The van der Waals surface area contributed by atoms with Gasteiger partial charge in [0.1, 0.15) is 5.82 Å². The second-order valence-electron chi connectivity index (χ2n) is 4.22. The van der Waals surface area contributed by atoms with Gasteiger partial charge in [-0.1, -0.05) is 29.3 Å². The molecule has 1 aromatic carbocycles. The quantitative estimate of drug-likeness (QED) is 0.901. The van der Waals surface area contributed by atoms with E-state index in [0.717, 1.165) is 5.56 Å². The minimum atomic E-state index is -0.285. The summed E-state index contributed by atoms with van der Waals surface area (Å²) < 4.78 is 0. The Hall–Kier alpha value is -1.78. The first-order chi connectivity index (χ1) is 9.51. The molecule has 1 amide bonds. The van der Waals surface area contributed by atoms with Gasteiger partial charge in [0.2, 0.25) is 0 Å². The van der Waals surface area contributed by atoms with Gasteiger partial charge in [-0.3, -0.25) is 4.79 Å². The van der Waals surface area contributed by atoms with E-state index in [4.69, 9.17) is 23.2 Å². The lowest BCUT2D eigenvalue weighted by molar-refractivity contribution is 0.102. The van der Waals surface area contributed by atoms with Gasteiger partial charge in [0.15, 0.2) is 0 Å². The molecule has 2 rings (SSSR count). The van der Waals surface area contributed by atoms with Crippen LogP contribution in [0, 0.1) is 6.92 Å². The van der Waals surface area contributed by atoms with Gasteiger partial charge >= 0.3 is 0 Å². The molecule has 20 heavy (non-hydrogen) atoms. The molecular formula is C14H13Cl2N3O. The summed E-state index contributed by atoms with van der Waals surface area (Å²) in [6.07, 6.45) is 1.47. The van der Waals surface area contributed by atoms with Gasteiger partial charge in [-0.15, -0.1) is 0 Å². The van der Waals surface area contributed by atoms with Crippen LogP contribution in [0.1, 0.15) is 15.9 Å². The van der Waals surface area contributed by atoms with Crippen LogP contribution in [-0.4, -0.2) is 17.9 Å². The first-order valence-corrected chi connectivity index (χ1v) is 6.67. The number of hydrogen-bond donors (Lipinski definition) is 2. The topological polar surface area (TPSA) is 54.0 Å². The summed E-state index contributed by atoms with van der Waals surface area (Å²) in [5.74, 6) is 0.245. The monoisotopic (exact) mass is 309 g/mol. The van der Waals surface area contributed by atoms with E-state index >= 15 is 0 Å². The summed E-state index contributed by atoms with van der Waals surface area (Å²) in [4.78, 5) is 16.2. The summed E-state index contributed by atoms with van der Waals surface area (Å²) in [5, 5.41) is 6.58. The van der Waals surface area contributed by atoms with Crippen molar-refractivity contribution in [3.05, 3.63) is 51.6 Å². The molecule has 104 valence electrons. The molecule has 4 nitrogen and oxygen atoms in total. The molecule has 0 atom stereocenters. The molecule has 0 unspecified atom stereocenters. The molecule has 6 heteroatoms. The molecule has 1 heterocycles. The lowest BCUT2D eigenvalue weighted by atomic mass is 10.2. The lowest BCUT2D eigenvalue weighted by Gasteiger charge is -2.09. The highest BCUT2D eigenvalue weighted by Gasteiger charge is 2.11. The van der Waals surface area contributed by atoms with Gasteiger partial charge in [0.05, 0.1) is 10.6 Å². The van der Waals surface area contributed by atoms with E-state index in [1.807, 2.05) is 13.0 Å². The van der Waals surface area contributed by atoms with Crippen LogP contribution < -0.4 is 10.6 Å². The third-order valence-electron chi connectivity index (χ3n) is 2.79. The molecule has 0 aliphatic heterocycles. The van der Waals surface area contributed by atoms with Crippen molar-refractivity contribution >= 4 is 40.6 Å². The maximum atomic E-state index is 12.2. The van der Waals surface area contributed by atoms with Crippen LogP contribution in [-0.2, 0) is 0 Å². The van der Waals surface area contributed by atoms with Crippen molar-refractivity contribution in [2.75, 3.05) is 17.7 Å². The number of aromatic nitrogens is 1. The molecule has 0 aliphatic carbocycles. The fourth-order valence-electron chi connectivity index (χ4n) is 1.67. The average molecular weight is 310 g/mol. The highest BCUT2D eigenvalue weighted by atomic mass is 35.5. The first-order valence-electron chi connectivity index (χ1n) is 5.92. The van der Waals surface area contributed by atoms with Crippen LogP contribution in [0.3, 0.4) is 0 Å². The summed E-state index contributed by atoms with van der Waals surface area (Å²) in [6, 6.07) is 6.88. The zero-order chi connectivity index (χ0) is 14.7. The highest BCUT2D eigenvalue weighted by Crippen LogP contribution is 2.23. The number of rotatable bonds is 3. The zero-order valence-electron chi connectivity index (χ0n) is 11.0. The number of amides is 1. The molecule has 0 saturated carbocycles. The smallest absolute Gasteiger partial charge is 0.257 e. The third kappa shape index (κ3) is 3.21. The number of nitrogens with one attached hydrogen (secondary N) is 2. The molecule has 0 fully saturated rings.